The number of unbranched alkanes of at least 4 members (excludes halogenated alkanes) is 25. The second-order valence-electron chi connectivity index (χ2n) is 26.9. The fraction of sp³-hybridized carbons (Fsp3) is 0.449. The van der Waals surface area contributed by atoms with Gasteiger partial charge in [0.25, 0.3) is 0 Å². The Bertz CT molecular complexity index is 4100. The van der Waals surface area contributed by atoms with Crippen LogP contribution in [0.4, 0.5) is 0 Å². The third-order valence-electron chi connectivity index (χ3n) is 18.3. The Balaban J connectivity index is 0.000000261. The van der Waals surface area contributed by atoms with Crippen molar-refractivity contribution < 1.29 is 38.4 Å². The minimum absolute atomic E-state index is 0.0177. The Morgan fingerprint density at radius 1 is 0.308 bits per heavy atom. The molecule has 0 aliphatic heterocycles. The lowest BCUT2D eigenvalue weighted by Crippen LogP contribution is -2.10. The van der Waals surface area contributed by atoms with Crippen LogP contribution in [0.25, 0.3) is 34.2 Å². The number of carboxylic acids is 1. The Hall–Kier alpha value is -10.7. The van der Waals surface area contributed by atoms with Gasteiger partial charge in [0.05, 0.1) is 29.9 Å². The van der Waals surface area contributed by atoms with Crippen molar-refractivity contribution in [2.75, 3.05) is 13.2 Å². The van der Waals surface area contributed by atoms with Crippen molar-refractivity contribution in [3.8, 4) is 81.4 Å². The largest absolute Gasteiger partial charge is 0.492 e. The molecule has 8 aromatic rings. The zero-order valence-electron chi connectivity index (χ0n) is 63.7. The maximum atomic E-state index is 12.9. The second kappa shape index (κ2) is 50.7. The molecule has 8 rings (SSSR count). The lowest BCUT2D eigenvalue weighted by atomic mass is 10.1. The molecule has 0 fully saturated rings. The smallest absolute Gasteiger partial charge is 0.343 e. The lowest BCUT2D eigenvalue weighted by molar-refractivity contribution is 0.0692. The molecule has 0 radical (unpaired) electrons. The van der Waals surface area contributed by atoms with E-state index < -0.39 is 17.9 Å². The number of hydrogen-bond acceptors (Lipinski definition) is 17. The second-order valence-corrected chi connectivity index (χ2v) is 26.9. The molecular formula is C89H108N10O8. The summed E-state index contributed by atoms with van der Waals surface area (Å²) in [6.45, 7) is 11.9. The van der Waals surface area contributed by atoms with E-state index in [1.54, 1.807) is 84.9 Å². The number of nitrogens with zero attached hydrogens (tertiary/aromatic N) is 10. The van der Waals surface area contributed by atoms with E-state index in [1.165, 1.54) is 141 Å². The third-order valence-corrected chi connectivity index (χ3v) is 18.3. The van der Waals surface area contributed by atoms with Crippen molar-refractivity contribution in [1.29, 1.82) is 21.0 Å². The Labute approximate surface area is 635 Å². The number of aryl methyl sites for hydroxylation is 3. The van der Waals surface area contributed by atoms with Crippen LogP contribution in [0.3, 0.4) is 0 Å². The van der Waals surface area contributed by atoms with Crippen molar-refractivity contribution in [2.24, 2.45) is 0 Å². The fourth-order valence-corrected chi connectivity index (χ4v) is 11.9. The van der Waals surface area contributed by atoms with Gasteiger partial charge in [-0.15, -0.1) is 0 Å². The molecule has 0 aliphatic rings. The molecule has 0 bridgehead atoms. The van der Waals surface area contributed by atoms with Crippen LogP contribution >= 0.6 is 0 Å². The van der Waals surface area contributed by atoms with E-state index in [0.29, 0.717) is 53.3 Å². The molecule has 0 saturated heterocycles. The molecule has 0 atom stereocenters. The first-order chi connectivity index (χ1) is 52.4. The summed E-state index contributed by atoms with van der Waals surface area (Å²) in [7, 11) is 0. The molecule has 0 unspecified atom stereocenters. The van der Waals surface area contributed by atoms with Gasteiger partial charge in [-0.3, -0.25) is 0 Å². The average molecular weight is 1450 g/mol. The highest BCUT2D eigenvalue weighted by molar-refractivity contribution is 5.93. The molecule has 0 amide bonds. The summed E-state index contributed by atoms with van der Waals surface area (Å²) in [5, 5.41) is 47.7. The Kier molecular flexibility index (Phi) is 40.4. The van der Waals surface area contributed by atoms with Gasteiger partial charge in [-0.2, -0.15) is 21.0 Å². The molecule has 0 spiro atoms. The van der Waals surface area contributed by atoms with Crippen LogP contribution in [-0.2, 0) is 19.3 Å². The number of aromatic carboxylic acids is 1. The molecular weight excluding hydrogens is 1340 g/mol. The first kappa shape index (κ1) is 85.2. The molecule has 5 aromatic carbocycles. The van der Waals surface area contributed by atoms with Crippen molar-refractivity contribution in [1.82, 2.24) is 29.9 Å². The molecule has 3 aromatic heterocycles. The fourth-order valence-electron chi connectivity index (χ4n) is 11.9. The van der Waals surface area contributed by atoms with E-state index in [2.05, 4.69) is 64.5 Å². The minimum Gasteiger partial charge on any atom is -0.492 e. The summed E-state index contributed by atoms with van der Waals surface area (Å²) in [6.07, 6.45) is 50.7. The molecule has 0 saturated carbocycles. The molecule has 3 heterocycles. The van der Waals surface area contributed by atoms with Crippen molar-refractivity contribution in [3.63, 3.8) is 0 Å². The van der Waals surface area contributed by atoms with Gasteiger partial charge in [-0.25, -0.2) is 44.3 Å². The van der Waals surface area contributed by atoms with Crippen LogP contribution in [0.15, 0.2) is 134 Å². The van der Waals surface area contributed by atoms with Gasteiger partial charge in [-0.1, -0.05) is 232 Å². The minimum atomic E-state index is -0.924. The maximum Gasteiger partial charge on any atom is 0.343 e. The lowest BCUT2D eigenvalue weighted by Gasteiger charge is -2.12. The summed E-state index contributed by atoms with van der Waals surface area (Å²) in [5.74, 6) is 0.319. The third kappa shape index (κ3) is 30.4. The standard InChI is InChI=1S/C35H42N4O3.C34H40N4O3.C20H26N2O2/c1-3-5-7-9-10-11-13-15-27-25-38-34(39-26-27)28-16-18-29(19-17-28)35(40)42-33-21-20-32(30(23-36)31(33)24-37)41-22-14-12-8-6-4-2;1-3-5-7-9-10-11-12-14-26-24-37-33(38-25-26)27-15-17-28(18-16-27)34(39)41-32-20-19-31(29(22-35)30(32)23-36)40-21-13-8-6-4-2;1-2-3-4-5-6-7-8-9-16-14-21-19(22-15-16)17-10-12-18(13-11-17)20(23)24/h16-21,25-26H,3-15,22H2,1-2H3;15-20,24-25H,3-14,21H2,1-2H3;10-15H,2-9H2,1H3,(H,23,24). The summed E-state index contributed by atoms with van der Waals surface area (Å²) in [5.41, 5.74) is 6.81. The predicted molar refractivity (Wildman–Crippen MR) is 420 cm³/mol. The van der Waals surface area contributed by atoms with Gasteiger partial charge in [0.1, 0.15) is 58.0 Å². The van der Waals surface area contributed by atoms with Gasteiger partial charge < -0.3 is 24.1 Å². The van der Waals surface area contributed by atoms with Crippen molar-refractivity contribution in [3.05, 3.63) is 190 Å². The van der Waals surface area contributed by atoms with E-state index in [9.17, 15) is 35.4 Å². The SMILES string of the molecule is CCCCCCCCCc1cnc(-c2ccc(C(=O)O)cc2)nc1.CCCCCCCCCc1cnc(-c2ccc(C(=O)Oc3ccc(OCCCCCC)c(C#N)c3C#N)cc2)nc1.CCCCCCCCCc1cnc(-c2ccc(C(=O)Oc3ccc(OCCCCCCC)c(C#N)c3C#N)cc2)nc1. The molecule has 18 nitrogen and oxygen atoms in total. The Morgan fingerprint density at radius 2 is 0.542 bits per heavy atom. The molecule has 562 valence electrons. The molecule has 107 heavy (non-hydrogen) atoms. The summed E-state index contributed by atoms with van der Waals surface area (Å²) < 4.78 is 22.6. The first-order valence-electron chi connectivity index (χ1n) is 39.0. The van der Waals surface area contributed by atoms with Gasteiger partial charge in [0.15, 0.2) is 29.0 Å². The number of carbonyl (C=O) groups excluding carboxylic acids is 2. The van der Waals surface area contributed by atoms with Crippen LogP contribution < -0.4 is 18.9 Å². The van der Waals surface area contributed by atoms with Crippen LogP contribution in [0, 0.1) is 45.3 Å². The topological polar surface area (TPSA) is 281 Å². The number of ether oxygens (including phenoxy) is 4. The summed E-state index contributed by atoms with van der Waals surface area (Å²) >= 11 is 0. The normalized spacial score (nSPS) is 10.6. The van der Waals surface area contributed by atoms with Gasteiger partial charge in [0, 0.05) is 53.9 Å². The van der Waals surface area contributed by atoms with E-state index in [1.807, 2.05) is 61.5 Å². The molecule has 1 N–H and O–H groups in total. The number of carboxylic acid groups (broad SMARTS) is 1. The zero-order chi connectivity index (χ0) is 76.5. The number of carbonyl (C=O) groups is 3. The predicted octanol–water partition coefficient (Wildman–Crippen LogP) is 22.2. The number of benzene rings is 5. The molecule has 0 aliphatic carbocycles. The van der Waals surface area contributed by atoms with E-state index >= 15 is 0 Å². The van der Waals surface area contributed by atoms with Crippen LogP contribution in [0.1, 0.15) is 297 Å². The average Bonchev–Trinajstić information content (AvgIpc) is 0.827. The van der Waals surface area contributed by atoms with Crippen LogP contribution in [0.2, 0.25) is 0 Å². The Morgan fingerprint density at radius 3 is 0.813 bits per heavy atom. The highest BCUT2D eigenvalue weighted by Gasteiger charge is 2.22. The highest BCUT2D eigenvalue weighted by Crippen LogP contribution is 2.33. The summed E-state index contributed by atoms with van der Waals surface area (Å²) in [6, 6.07) is 34.4. The first-order valence-corrected chi connectivity index (χ1v) is 39.0. The van der Waals surface area contributed by atoms with Crippen molar-refractivity contribution in [2.45, 2.75) is 247 Å². The number of hydrogen-bond donors (Lipinski definition) is 1. The zero-order valence-corrected chi connectivity index (χ0v) is 63.7. The monoisotopic (exact) mass is 1440 g/mol. The van der Waals surface area contributed by atoms with Gasteiger partial charge >= 0.3 is 17.9 Å². The van der Waals surface area contributed by atoms with Crippen molar-refractivity contribution >= 4 is 17.9 Å². The van der Waals surface area contributed by atoms with Gasteiger partial charge in [-0.05, 0) is 129 Å². The van der Waals surface area contributed by atoms with E-state index in [0.717, 1.165) is 117 Å². The quantitative estimate of drug-likeness (QED) is 0.0211. The number of aromatic nitrogens is 6. The molecule has 18 heteroatoms. The highest BCUT2D eigenvalue weighted by atomic mass is 16.5. The van der Waals surface area contributed by atoms with Gasteiger partial charge in [0.2, 0.25) is 0 Å². The maximum absolute atomic E-state index is 12.9. The summed E-state index contributed by atoms with van der Waals surface area (Å²) in [4.78, 5) is 63.5. The number of rotatable bonds is 45. The van der Waals surface area contributed by atoms with E-state index in [-0.39, 0.29) is 39.3 Å². The van der Waals surface area contributed by atoms with E-state index in [4.69, 9.17) is 24.1 Å². The van der Waals surface area contributed by atoms with Crippen LogP contribution in [0.5, 0.6) is 23.0 Å². The number of esters is 2. The van der Waals surface area contributed by atoms with Crippen LogP contribution in [-0.4, -0.2) is 66.1 Å². The number of nitriles is 4.